The zero-order chi connectivity index (χ0) is 22.2. The minimum atomic E-state index is -0.182. The van der Waals surface area contributed by atoms with Gasteiger partial charge >= 0.3 is 0 Å². The van der Waals surface area contributed by atoms with Gasteiger partial charge in [-0.15, -0.1) is 0 Å². The van der Waals surface area contributed by atoms with E-state index >= 15 is 0 Å². The maximum Gasteiger partial charge on any atom is 0.258 e. The van der Waals surface area contributed by atoms with Crippen LogP contribution in [0.4, 0.5) is 5.69 Å². The summed E-state index contributed by atoms with van der Waals surface area (Å²) in [6, 6.07) is 12.8. The zero-order valence-corrected chi connectivity index (χ0v) is 19.9. The van der Waals surface area contributed by atoms with Crippen molar-refractivity contribution < 1.29 is 14.3 Å². The van der Waals surface area contributed by atoms with Gasteiger partial charge in [-0.2, -0.15) is 0 Å². The van der Waals surface area contributed by atoms with Crippen LogP contribution in [0.3, 0.4) is 0 Å². The molecule has 1 saturated carbocycles. The predicted octanol–water partition coefficient (Wildman–Crippen LogP) is 5.97. The lowest BCUT2D eigenvalue weighted by atomic mass is 9.95. The fraction of sp³-hybridized carbons (Fsp3) is 0.440. The standard InChI is InChI=1S/C25H31BrN2O3/c1-3-4-16-31-23-15-14-18(17-21(23)26)25(30)28(2)22-13-9-8-12-20(22)24(29)27-19-10-6-5-7-11-19/h8-9,12-15,17,19H,3-7,10-11,16H2,1-2H3,(H,27,29). The van der Waals surface area contributed by atoms with Gasteiger partial charge in [0.1, 0.15) is 5.75 Å². The number of nitrogens with one attached hydrogen (secondary N) is 1. The molecule has 1 aliphatic carbocycles. The number of ether oxygens (including phenoxy) is 1. The monoisotopic (exact) mass is 486 g/mol. The van der Waals surface area contributed by atoms with Crippen LogP contribution in [0.5, 0.6) is 5.75 Å². The molecule has 0 aromatic heterocycles. The van der Waals surface area contributed by atoms with Crippen molar-refractivity contribution in [2.24, 2.45) is 0 Å². The van der Waals surface area contributed by atoms with E-state index in [9.17, 15) is 9.59 Å². The second-order valence-corrected chi connectivity index (χ2v) is 8.89. The van der Waals surface area contributed by atoms with Gasteiger partial charge in [0.05, 0.1) is 22.3 Å². The number of rotatable bonds is 8. The van der Waals surface area contributed by atoms with Crippen LogP contribution in [0.15, 0.2) is 46.9 Å². The van der Waals surface area contributed by atoms with Crippen molar-refractivity contribution in [2.45, 2.75) is 57.9 Å². The van der Waals surface area contributed by atoms with E-state index < -0.39 is 0 Å². The molecule has 0 spiro atoms. The zero-order valence-electron chi connectivity index (χ0n) is 18.3. The molecular weight excluding hydrogens is 456 g/mol. The van der Waals surface area contributed by atoms with Crippen molar-refractivity contribution in [1.82, 2.24) is 5.32 Å². The van der Waals surface area contributed by atoms with Crippen molar-refractivity contribution in [2.75, 3.05) is 18.6 Å². The molecule has 5 nitrogen and oxygen atoms in total. The summed E-state index contributed by atoms with van der Waals surface area (Å²) in [5, 5.41) is 3.15. The van der Waals surface area contributed by atoms with E-state index in [1.165, 1.54) is 11.3 Å². The van der Waals surface area contributed by atoms with Crippen LogP contribution in [-0.2, 0) is 0 Å². The summed E-state index contributed by atoms with van der Waals surface area (Å²) in [6.45, 7) is 2.76. The predicted molar refractivity (Wildman–Crippen MR) is 128 cm³/mol. The van der Waals surface area contributed by atoms with Crippen molar-refractivity contribution in [3.05, 3.63) is 58.1 Å². The number of carbonyl (C=O) groups excluding carboxylic acids is 2. The summed E-state index contributed by atoms with van der Waals surface area (Å²) in [5.74, 6) is 0.418. The minimum absolute atomic E-state index is 0.122. The number of hydrogen-bond donors (Lipinski definition) is 1. The molecule has 2 aromatic rings. The third kappa shape index (κ3) is 6.10. The first-order valence-corrected chi connectivity index (χ1v) is 11.9. The van der Waals surface area contributed by atoms with Gasteiger partial charge in [0.2, 0.25) is 0 Å². The van der Waals surface area contributed by atoms with Crippen LogP contribution >= 0.6 is 15.9 Å². The average Bonchev–Trinajstić information content (AvgIpc) is 2.80. The maximum atomic E-state index is 13.2. The maximum absolute atomic E-state index is 13.2. The Hall–Kier alpha value is -2.34. The van der Waals surface area contributed by atoms with Crippen LogP contribution in [0.25, 0.3) is 0 Å². The lowest BCUT2D eigenvalue weighted by molar-refractivity contribution is 0.0928. The van der Waals surface area contributed by atoms with Crippen LogP contribution in [0.2, 0.25) is 0 Å². The quantitative estimate of drug-likeness (QED) is 0.467. The molecule has 1 aliphatic rings. The van der Waals surface area contributed by atoms with Gasteiger partial charge in [-0.3, -0.25) is 9.59 Å². The van der Waals surface area contributed by atoms with Gasteiger partial charge in [-0.1, -0.05) is 44.7 Å². The Morgan fingerprint density at radius 2 is 1.87 bits per heavy atom. The topological polar surface area (TPSA) is 58.6 Å². The number of para-hydroxylation sites is 1. The van der Waals surface area contributed by atoms with Gasteiger partial charge in [-0.25, -0.2) is 0 Å². The van der Waals surface area contributed by atoms with Crippen LogP contribution in [-0.4, -0.2) is 31.5 Å². The number of benzene rings is 2. The minimum Gasteiger partial charge on any atom is -0.492 e. The molecule has 0 bridgehead atoms. The summed E-state index contributed by atoms with van der Waals surface area (Å²) in [4.78, 5) is 27.7. The van der Waals surface area contributed by atoms with Crippen molar-refractivity contribution in [3.63, 3.8) is 0 Å². The molecule has 1 fully saturated rings. The lowest BCUT2D eigenvalue weighted by Gasteiger charge is -2.25. The molecule has 0 unspecified atom stereocenters. The molecular formula is C25H31BrN2O3. The number of anilines is 1. The molecule has 2 aromatic carbocycles. The van der Waals surface area contributed by atoms with Crippen LogP contribution < -0.4 is 15.0 Å². The van der Waals surface area contributed by atoms with Gasteiger partial charge in [-0.05, 0) is 65.5 Å². The van der Waals surface area contributed by atoms with E-state index in [0.717, 1.165) is 48.7 Å². The molecule has 2 amide bonds. The summed E-state index contributed by atoms with van der Waals surface area (Å²) < 4.78 is 6.50. The highest BCUT2D eigenvalue weighted by Gasteiger charge is 2.22. The summed E-state index contributed by atoms with van der Waals surface area (Å²) in [5.41, 5.74) is 1.64. The van der Waals surface area contributed by atoms with E-state index in [1.807, 2.05) is 24.3 Å². The first kappa shape index (κ1) is 23.3. The van der Waals surface area contributed by atoms with Crippen LogP contribution in [0.1, 0.15) is 72.6 Å². The molecule has 166 valence electrons. The fourth-order valence-electron chi connectivity index (χ4n) is 3.85. The Labute approximate surface area is 193 Å². The smallest absolute Gasteiger partial charge is 0.258 e. The third-order valence-electron chi connectivity index (χ3n) is 5.69. The largest absolute Gasteiger partial charge is 0.492 e. The van der Waals surface area contributed by atoms with Gasteiger partial charge in [0.25, 0.3) is 11.8 Å². The summed E-state index contributed by atoms with van der Waals surface area (Å²) >= 11 is 3.51. The molecule has 0 aliphatic heterocycles. The van der Waals surface area contributed by atoms with E-state index in [-0.39, 0.29) is 17.9 Å². The molecule has 0 saturated heterocycles. The van der Waals surface area contributed by atoms with E-state index in [2.05, 4.69) is 28.2 Å². The molecule has 31 heavy (non-hydrogen) atoms. The normalized spacial score (nSPS) is 14.2. The number of nitrogens with zero attached hydrogens (tertiary/aromatic N) is 1. The first-order valence-electron chi connectivity index (χ1n) is 11.1. The number of hydrogen-bond acceptors (Lipinski definition) is 3. The highest BCUT2D eigenvalue weighted by molar-refractivity contribution is 9.10. The number of carbonyl (C=O) groups is 2. The van der Waals surface area contributed by atoms with Crippen LogP contribution in [0, 0.1) is 0 Å². The van der Waals surface area contributed by atoms with Crippen molar-refractivity contribution in [3.8, 4) is 5.75 Å². The lowest BCUT2D eigenvalue weighted by Crippen LogP contribution is -2.37. The summed E-state index contributed by atoms with van der Waals surface area (Å²) in [7, 11) is 1.70. The van der Waals surface area contributed by atoms with Gasteiger partial charge < -0.3 is 15.0 Å². The van der Waals surface area contributed by atoms with Gasteiger partial charge in [0, 0.05) is 18.7 Å². The fourth-order valence-corrected chi connectivity index (χ4v) is 4.34. The molecule has 3 rings (SSSR count). The highest BCUT2D eigenvalue weighted by Crippen LogP contribution is 2.28. The molecule has 0 heterocycles. The third-order valence-corrected chi connectivity index (χ3v) is 6.31. The van der Waals surface area contributed by atoms with E-state index in [0.29, 0.717) is 23.4 Å². The molecule has 1 N–H and O–H groups in total. The Kier molecular flexibility index (Phi) is 8.52. The summed E-state index contributed by atoms with van der Waals surface area (Å²) in [6.07, 6.45) is 7.61. The van der Waals surface area contributed by atoms with E-state index in [1.54, 1.807) is 25.2 Å². The molecule has 0 radical (unpaired) electrons. The van der Waals surface area contributed by atoms with E-state index in [4.69, 9.17) is 4.74 Å². The number of unbranched alkanes of at least 4 members (excludes halogenated alkanes) is 1. The SMILES string of the molecule is CCCCOc1ccc(C(=O)N(C)c2ccccc2C(=O)NC2CCCCC2)cc1Br. The Morgan fingerprint density at radius 1 is 1.13 bits per heavy atom. The second kappa shape index (κ2) is 11.3. The molecule has 6 heteroatoms. The first-order chi connectivity index (χ1) is 15.0. The number of halogens is 1. The second-order valence-electron chi connectivity index (χ2n) is 8.04. The molecule has 0 atom stereocenters. The Morgan fingerprint density at radius 3 is 2.58 bits per heavy atom. The van der Waals surface area contributed by atoms with Crippen molar-refractivity contribution in [1.29, 1.82) is 0 Å². The Balaban J connectivity index is 1.75. The highest BCUT2D eigenvalue weighted by atomic mass is 79.9. The van der Waals surface area contributed by atoms with Crippen molar-refractivity contribution >= 4 is 33.4 Å². The average molecular weight is 487 g/mol. The van der Waals surface area contributed by atoms with Gasteiger partial charge in [0.15, 0.2) is 0 Å². The number of amides is 2. The Bertz CT molecular complexity index is 909.